The molecule has 0 spiro atoms. The molecule has 0 saturated heterocycles. The summed E-state index contributed by atoms with van der Waals surface area (Å²) >= 11 is 0. The summed E-state index contributed by atoms with van der Waals surface area (Å²) < 4.78 is 2.34. The molecule has 2 heterocycles. The Labute approximate surface area is 150 Å². The van der Waals surface area contributed by atoms with Crippen molar-refractivity contribution in [3.05, 3.63) is 70.9 Å². The van der Waals surface area contributed by atoms with Gasteiger partial charge < -0.3 is 14.6 Å². The van der Waals surface area contributed by atoms with E-state index in [1.807, 2.05) is 12.1 Å². The van der Waals surface area contributed by atoms with Crippen molar-refractivity contribution in [1.29, 1.82) is 0 Å². The van der Waals surface area contributed by atoms with Crippen LogP contribution >= 0.6 is 0 Å². The Balaban J connectivity index is 0.00000182. The Hall–Kier alpha value is -2.10. The number of aryl methyl sites for hydroxylation is 1. The van der Waals surface area contributed by atoms with E-state index < -0.39 is 6.10 Å². The van der Waals surface area contributed by atoms with E-state index in [-0.39, 0.29) is 7.43 Å². The van der Waals surface area contributed by atoms with Gasteiger partial charge in [0.2, 0.25) is 0 Å². The predicted octanol–water partition coefficient (Wildman–Crippen LogP) is 4.31. The van der Waals surface area contributed by atoms with Crippen LogP contribution in [0.2, 0.25) is 0 Å². The molecular weight excluding hydrogens is 308 g/mol. The molecule has 0 fully saturated rings. The molecule has 1 unspecified atom stereocenters. The number of likely N-dealkylation sites (N-methyl/N-ethyl adjacent to an activating group) is 1. The average molecular weight is 336 g/mol. The van der Waals surface area contributed by atoms with Crippen molar-refractivity contribution < 1.29 is 5.11 Å². The zero-order valence-electron chi connectivity index (χ0n) is 14.4. The summed E-state index contributed by atoms with van der Waals surface area (Å²) in [7, 11) is 2.18. The number of benzene rings is 2. The van der Waals surface area contributed by atoms with Gasteiger partial charge in [0.1, 0.15) is 0 Å². The number of para-hydroxylation sites is 1. The monoisotopic (exact) mass is 336 g/mol. The molecule has 0 aliphatic carbocycles. The first kappa shape index (κ1) is 17.7. The normalized spacial score (nSPS) is 15.6. The molecule has 1 aliphatic heterocycles. The maximum atomic E-state index is 10.8. The smallest absolute Gasteiger partial charge is 0.0969 e. The summed E-state index contributed by atoms with van der Waals surface area (Å²) in [5.41, 5.74) is 6.26. The van der Waals surface area contributed by atoms with Gasteiger partial charge in [0.25, 0.3) is 0 Å². The average Bonchev–Trinajstić information content (AvgIpc) is 2.89. The van der Waals surface area contributed by atoms with Crippen LogP contribution in [0, 0.1) is 6.92 Å². The molecule has 2 aromatic carbocycles. The van der Waals surface area contributed by atoms with Crippen LogP contribution in [-0.2, 0) is 19.5 Å². The number of rotatable bonds is 3. The minimum Gasteiger partial charge on any atom is -0.387 e. The van der Waals surface area contributed by atoms with Gasteiger partial charge in [-0.3, -0.25) is 0 Å². The number of aliphatic hydroxyl groups is 1. The first-order valence-electron chi connectivity index (χ1n) is 8.65. The van der Waals surface area contributed by atoms with E-state index in [9.17, 15) is 5.11 Å². The van der Waals surface area contributed by atoms with Crippen LogP contribution in [0.3, 0.4) is 0 Å². The third kappa shape index (κ3) is 3.22. The number of aliphatic hydroxyl groups excluding tert-OH is 1. The lowest BCUT2D eigenvalue weighted by Gasteiger charge is -2.25. The van der Waals surface area contributed by atoms with E-state index in [0.717, 1.165) is 25.1 Å². The molecule has 0 radical (unpaired) electrons. The van der Waals surface area contributed by atoms with E-state index >= 15 is 0 Å². The third-order valence-electron chi connectivity index (χ3n) is 5.17. The van der Waals surface area contributed by atoms with Gasteiger partial charge in [-0.1, -0.05) is 55.5 Å². The van der Waals surface area contributed by atoms with Gasteiger partial charge in [-0.2, -0.15) is 0 Å². The highest BCUT2D eigenvalue weighted by Crippen LogP contribution is 2.32. The van der Waals surface area contributed by atoms with E-state index in [4.69, 9.17) is 0 Å². The molecule has 25 heavy (non-hydrogen) atoms. The van der Waals surface area contributed by atoms with Gasteiger partial charge in [0.15, 0.2) is 0 Å². The van der Waals surface area contributed by atoms with Gasteiger partial charge in [-0.15, -0.1) is 0 Å². The number of fused-ring (bicyclic) bond motifs is 3. The minimum atomic E-state index is -0.481. The molecular formula is C22H28N2O. The van der Waals surface area contributed by atoms with Crippen molar-refractivity contribution >= 4 is 10.9 Å². The zero-order chi connectivity index (χ0) is 16.7. The van der Waals surface area contributed by atoms with Gasteiger partial charge in [0.05, 0.1) is 12.6 Å². The quantitative estimate of drug-likeness (QED) is 0.772. The maximum absolute atomic E-state index is 10.8. The Bertz CT molecular complexity index is 864. The lowest BCUT2D eigenvalue weighted by Crippen LogP contribution is -2.27. The highest BCUT2D eigenvalue weighted by Gasteiger charge is 2.23. The SMILES string of the molecule is C.Cc1ccc(C(O)Cn2c3c(c4ccccc42)CN(C)CC3)cc1. The first-order valence-corrected chi connectivity index (χ1v) is 8.65. The van der Waals surface area contributed by atoms with Gasteiger partial charge in [0, 0.05) is 36.1 Å². The number of hydrogen-bond donors (Lipinski definition) is 1. The molecule has 132 valence electrons. The third-order valence-corrected chi connectivity index (χ3v) is 5.17. The second-order valence-electron chi connectivity index (χ2n) is 6.97. The zero-order valence-corrected chi connectivity index (χ0v) is 14.4. The second-order valence-corrected chi connectivity index (χ2v) is 6.97. The lowest BCUT2D eigenvalue weighted by atomic mass is 10.0. The van der Waals surface area contributed by atoms with E-state index in [1.165, 1.54) is 27.7 Å². The van der Waals surface area contributed by atoms with Crippen LogP contribution in [0.1, 0.15) is 35.9 Å². The maximum Gasteiger partial charge on any atom is 0.0969 e. The largest absolute Gasteiger partial charge is 0.387 e. The van der Waals surface area contributed by atoms with Crippen molar-refractivity contribution in [1.82, 2.24) is 9.47 Å². The summed E-state index contributed by atoms with van der Waals surface area (Å²) in [5, 5.41) is 12.1. The molecule has 3 heteroatoms. The molecule has 0 bridgehead atoms. The van der Waals surface area contributed by atoms with Gasteiger partial charge in [-0.25, -0.2) is 0 Å². The standard InChI is InChI=1S/C21H24N2O.CH4/c1-15-7-9-16(10-8-15)21(24)14-23-19-6-4-3-5-17(19)18-13-22(2)12-11-20(18)23;/h3-10,21,24H,11-14H2,1-2H3;1H4. The highest BCUT2D eigenvalue weighted by atomic mass is 16.3. The molecule has 1 N–H and O–H groups in total. The van der Waals surface area contributed by atoms with Crippen LogP contribution in [-0.4, -0.2) is 28.2 Å². The van der Waals surface area contributed by atoms with E-state index in [2.05, 4.69) is 59.8 Å². The fraction of sp³-hybridized carbons (Fsp3) is 0.364. The minimum absolute atomic E-state index is 0. The Kier molecular flexibility index (Phi) is 4.98. The Morgan fingerprint density at radius 2 is 1.80 bits per heavy atom. The van der Waals surface area contributed by atoms with Crippen LogP contribution in [0.15, 0.2) is 48.5 Å². The van der Waals surface area contributed by atoms with Gasteiger partial charge in [-0.05, 0) is 31.2 Å². The lowest BCUT2D eigenvalue weighted by molar-refractivity contribution is 0.156. The molecule has 3 nitrogen and oxygen atoms in total. The summed E-state index contributed by atoms with van der Waals surface area (Å²) in [6.07, 6.45) is 0.561. The number of nitrogens with zero attached hydrogens (tertiary/aromatic N) is 2. The van der Waals surface area contributed by atoms with Gasteiger partial charge >= 0.3 is 0 Å². The fourth-order valence-electron chi connectivity index (χ4n) is 3.81. The van der Waals surface area contributed by atoms with Crippen molar-refractivity contribution in [2.75, 3.05) is 13.6 Å². The molecule has 0 amide bonds. The fourth-order valence-corrected chi connectivity index (χ4v) is 3.81. The summed E-state index contributed by atoms with van der Waals surface area (Å²) in [5.74, 6) is 0. The van der Waals surface area contributed by atoms with Crippen molar-refractivity contribution in [3.63, 3.8) is 0 Å². The van der Waals surface area contributed by atoms with Crippen molar-refractivity contribution in [2.24, 2.45) is 0 Å². The van der Waals surface area contributed by atoms with Crippen LogP contribution in [0.25, 0.3) is 10.9 Å². The number of hydrogen-bond acceptors (Lipinski definition) is 2. The highest BCUT2D eigenvalue weighted by molar-refractivity contribution is 5.85. The van der Waals surface area contributed by atoms with E-state index in [1.54, 1.807) is 0 Å². The van der Waals surface area contributed by atoms with Crippen LogP contribution < -0.4 is 0 Å². The Morgan fingerprint density at radius 1 is 1.08 bits per heavy atom. The molecule has 0 saturated carbocycles. The summed E-state index contributed by atoms with van der Waals surface area (Å²) in [6.45, 7) is 4.75. The second kappa shape index (κ2) is 7.03. The Morgan fingerprint density at radius 3 is 2.56 bits per heavy atom. The first-order chi connectivity index (χ1) is 11.6. The predicted molar refractivity (Wildman–Crippen MR) is 105 cm³/mol. The molecule has 4 rings (SSSR count). The van der Waals surface area contributed by atoms with E-state index in [0.29, 0.717) is 6.54 Å². The molecule has 1 aromatic heterocycles. The number of aromatic nitrogens is 1. The molecule has 1 atom stereocenters. The topological polar surface area (TPSA) is 28.4 Å². The van der Waals surface area contributed by atoms with Crippen LogP contribution in [0.5, 0.6) is 0 Å². The van der Waals surface area contributed by atoms with Crippen LogP contribution in [0.4, 0.5) is 0 Å². The molecule has 1 aliphatic rings. The summed E-state index contributed by atoms with van der Waals surface area (Å²) in [6, 6.07) is 16.8. The summed E-state index contributed by atoms with van der Waals surface area (Å²) in [4.78, 5) is 2.37. The van der Waals surface area contributed by atoms with Crippen molar-refractivity contribution in [3.8, 4) is 0 Å². The molecule has 3 aromatic rings. The van der Waals surface area contributed by atoms with Crippen molar-refractivity contribution in [2.45, 2.75) is 40.0 Å².